The largest absolute Gasteiger partial charge is 0.444 e. The van der Waals surface area contributed by atoms with Gasteiger partial charge in [-0.1, -0.05) is 24.3 Å². The molecule has 14 aromatic rings. The number of carbonyl (C=O) groups is 4. The highest BCUT2D eigenvalue weighted by molar-refractivity contribution is 9.11. The van der Waals surface area contributed by atoms with E-state index in [2.05, 4.69) is 141 Å². The molecule has 0 unspecified atom stereocenters. The topological polar surface area (TPSA) is 332 Å². The van der Waals surface area contributed by atoms with Gasteiger partial charge in [-0.05, 0) is 171 Å². The van der Waals surface area contributed by atoms with Crippen LogP contribution in [0.15, 0.2) is 220 Å². The molecular formula is C65H56Br4ClF2N24O7+5. The summed E-state index contributed by atoms with van der Waals surface area (Å²) in [7, 11) is 0. The summed E-state index contributed by atoms with van der Waals surface area (Å²) in [6.07, 6.45) is 19.3. The van der Waals surface area contributed by atoms with Crippen LogP contribution in [-0.2, 0) is 11.3 Å². The quantitative estimate of drug-likeness (QED) is 0.0320. The smallest absolute Gasteiger partial charge is 0.418 e. The van der Waals surface area contributed by atoms with Gasteiger partial charge in [-0.3, -0.25) is 31.5 Å². The van der Waals surface area contributed by atoms with Crippen molar-refractivity contribution in [2.45, 2.75) is 46.4 Å². The molecule has 103 heavy (non-hydrogen) atoms. The van der Waals surface area contributed by atoms with Crippen molar-refractivity contribution in [2.75, 3.05) is 21.3 Å². The molecule has 0 aliphatic rings. The molecule has 0 saturated carbocycles. The number of amides is 6. The number of halogens is 7. The highest BCUT2D eigenvalue weighted by Crippen LogP contribution is 2.26. The molecule has 0 aliphatic heterocycles. The highest BCUT2D eigenvalue weighted by Gasteiger charge is 2.27. The van der Waals surface area contributed by atoms with E-state index in [0.717, 1.165) is 9.20 Å². The fraction of sp³-hybridized carbons (Fsp3) is 0.108. The Labute approximate surface area is 619 Å². The van der Waals surface area contributed by atoms with Gasteiger partial charge in [0.05, 0.1) is 86.2 Å². The van der Waals surface area contributed by atoms with Gasteiger partial charge in [0.2, 0.25) is 12.4 Å². The van der Waals surface area contributed by atoms with Crippen molar-refractivity contribution in [1.29, 1.82) is 0 Å². The summed E-state index contributed by atoms with van der Waals surface area (Å²) >= 11 is 19.8. The molecule has 0 aliphatic carbocycles. The molecule has 0 fully saturated rings. The number of carbonyl (C=O) groups excluding carboxylic acids is 4. The van der Waals surface area contributed by atoms with Crippen LogP contribution in [-0.4, -0.2) is 105 Å². The Morgan fingerprint density at radius 2 is 0.903 bits per heavy atom. The van der Waals surface area contributed by atoms with E-state index in [1.165, 1.54) is 85.8 Å². The summed E-state index contributed by atoms with van der Waals surface area (Å²) < 4.78 is 54.2. The van der Waals surface area contributed by atoms with Crippen LogP contribution in [0.1, 0.15) is 33.3 Å². The zero-order chi connectivity index (χ0) is 72.8. The summed E-state index contributed by atoms with van der Waals surface area (Å²) in [4.78, 5) is 70.4. The van der Waals surface area contributed by atoms with Crippen molar-refractivity contribution in [1.82, 2.24) is 74.0 Å². The molecule has 0 saturated heterocycles. The molecule has 14 heterocycles. The molecule has 14 rings (SSSR count). The minimum atomic E-state index is -0.744. The normalized spacial score (nSPS) is 10.9. The number of pyridine rings is 6. The predicted molar refractivity (Wildman–Crippen MR) is 380 cm³/mol. The molecular weight excluding hydrogens is 1620 g/mol. The Bertz CT molecular complexity index is 5410. The molecule has 0 spiro atoms. The first-order valence-electron chi connectivity index (χ1n) is 30.4. The van der Waals surface area contributed by atoms with E-state index in [0.29, 0.717) is 70.0 Å². The SMILES string of the molecule is CC(C)NC(=O)Nc1cc(-[n+]2ccccc2)nc2c(Br)cnn12.CC(C)NC(=O)Nc1cc(-[n+]2ccccc2Cl)nc2c(Br)cnn12.O=C(Nc1cc(-[n+]2ccccc2F)nc2c(Br)cnn12)OCc1cc[n+](O)cc1.O=C(Nc1cc(-[n+]2ccccc2F)nc2c(Br)cnn12)Oc1cccnc1. The lowest BCUT2D eigenvalue weighted by molar-refractivity contribution is -0.904. The Morgan fingerprint density at radius 3 is 1.34 bits per heavy atom. The second-order valence-corrected chi connectivity index (χ2v) is 25.7. The van der Waals surface area contributed by atoms with Crippen molar-refractivity contribution in [3.05, 3.63) is 242 Å². The van der Waals surface area contributed by atoms with Crippen LogP contribution in [0.5, 0.6) is 5.75 Å². The molecule has 0 aromatic carbocycles. The maximum Gasteiger partial charge on any atom is 0.418 e. The molecule has 522 valence electrons. The van der Waals surface area contributed by atoms with Crippen molar-refractivity contribution >= 4 is 145 Å². The van der Waals surface area contributed by atoms with E-state index in [-0.39, 0.29) is 59.8 Å². The molecule has 0 radical (unpaired) electrons. The van der Waals surface area contributed by atoms with Gasteiger partial charge >= 0.3 is 47.5 Å². The van der Waals surface area contributed by atoms with Gasteiger partial charge in [-0.15, -0.1) is 0 Å². The van der Waals surface area contributed by atoms with Crippen LogP contribution in [0.25, 0.3) is 45.9 Å². The van der Waals surface area contributed by atoms with E-state index < -0.39 is 24.1 Å². The average molecular weight is 1680 g/mol. The van der Waals surface area contributed by atoms with Gasteiger partial charge in [-0.25, -0.2) is 23.7 Å². The van der Waals surface area contributed by atoms with Gasteiger partial charge in [0.15, 0.2) is 10.9 Å². The standard InChI is InChI=1S/C18H13BrFN6O3.C17H10BrFN6O2.C15H14BrClN6O.C15H15BrN6O/c19-13-10-21-26-16(23-18(27)29-11-12-4-7-24(28)8-5-12)9-15(22-17(13)26)25-6-2-1-3-14(25)20;18-12-10-21-25-15(23-17(26)27-11-4-3-6-20-9-11)8-14(22-16(12)25)24-7-2-1-5-13(24)19;1-9(2)19-15(24)21-13-7-12(22-6-4-3-5-11(22)17)20-14-10(16)8-18-23(13)14;1-10(2)18-15(23)20-13-8-12(21-6-4-3-5-7-21)19-14-11(16)9-17-22(13)14/h1-10H,11H2,(H-,21,22,23,27,28);1-10H;3-9H,1-2H3,(H-,18,19,20,21,24);3-10H,1-2H3,(H-,17,18,19,20,23)/q+1;;;/p+4. The van der Waals surface area contributed by atoms with Gasteiger partial charge in [-0.2, -0.15) is 60.9 Å². The number of aromatic nitrogens is 18. The first-order valence-corrected chi connectivity index (χ1v) is 34.0. The maximum absolute atomic E-state index is 14.2. The number of nitrogens with one attached hydrogen (secondary N) is 6. The van der Waals surface area contributed by atoms with Gasteiger partial charge in [0.25, 0.3) is 34.5 Å². The summed E-state index contributed by atoms with van der Waals surface area (Å²) in [5.74, 6) is 2.53. The molecule has 31 nitrogen and oxygen atoms in total. The van der Waals surface area contributed by atoms with Crippen LogP contribution in [0.3, 0.4) is 0 Å². The van der Waals surface area contributed by atoms with Crippen LogP contribution in [0, 0.1) is 11.9 Å². The zero-order valence-corrected chi connectivity index (χ0v) is 61.1. The third-order valence-corrected chi connectivity index (χ3v) is 16.2. The minimum Gasteiger partial charge on any atom is -0.444 e. The summed E-state index contributed by atoms with van der Waals surface area (Å²) in [5.41, 5.74) is 2.68. The number of rotatable bonds is 13. The third kappa shape index (κ3) is 18.3. The van der Waals surface area contributed by atoms with Crippen LogP contribution < -0.4 is 59.6 Å². The third-order valence-electron chi connectivity index (χ3n) is 13.7. The zero-order valence-electron chi connectivity index (χ0n) is 54.0. The number of fused-ring (bicyclic) bond motifs is 4. The van der Waals surface area contributed by atoms with Crippen LogP contribution >= 0.6 is 75.3 Å². The second kappa shape index (κ2) is 33.2. The number of hydrogen-bond donors (Lipinski definition) is 7. The lowest BCUT2D eigenvalue weighted by Gasteiger charge is -2.10. The van der Waals surface area contributed by atoms with Gasteiger partial charge < -0.3 is 20.1 Å². The highest BCUT2D eigenvalue weighted by atomic mass is 79.9. The number of nitrogens with zero attached hydrogens (tertiary/aromatic N) is 18. The molecule has 14 aromatic heterocycles. The monoisotopic (exact) mass is 1670 g/mol. The number of urea groups is 2. The van der Waals surface area contributed by atoms with Gasteiger partial charge in [0.1, 0.15) is 47.8 Å². The Balaban J connectivity index is 0.000000138. The molecule has 38 heteroatoms. The number of hydrogen-bond acceptors (Lipinski definition) is 16. The number of ether oxygens (including phenoxy) is 2. The van der Waals surface area contributed by atoms with E-state index in [1.807, 2.05) is 75.0 Å². The molecule has 0 atom stereocenters. The maximum atomic E-state index is 14.2. The lowest BCUT2D eigenvalue weighted by atomic mass is 10.3. The van der Waals surface area contributed by atoms with Crippen molar-refractivity contribution in [2.24, 2.45) is 0 Å². The van der Waals surface area contributed by atoms with E-state index in [1.54, 1.807) is 105 Å². The Morgan fingerprint density at radius 1 is 0.495 bits per heavy atom. The van der Waals surface area contributed by atoms with E-state index in [9.17, 15) is 33.2 Å². The van der Waals surface area contributed by atoms with E-state index in [4.69, 9.17) is 21.1 Å². The van der Waals surface area contributed by atoms with Crippen molar-refractivity contribution in [3.8, 4) is 29.0 Å². The Hall–Kier alpha value is -11.7. The van der Waals surface area contributed by atoms with Gasteiger partial charge in [0, 0.05) is 52.8 Å². The average Bonchev–Trinajstić information content (AvgIpc) is 1.74. The van der Waals surface area contributed by atoms with Crippen LogP contribution in [0.2, 0.25) is 5.15 Å². The van der Waals surface area contributed by atoms with Crippen molar-refractivity contribution < 1.29 is 65.6 Å². The lowest BCUT2D eigenvalue weighted by Crippen LogP contribution is -2.36. The second-order valence-electron chi connectivity index (χ2n) is 21.9. The predicted octanol–water partition coefficient (Wildman–Crippen LogP) is 10.3. The fourth-order valence-corrected chi connectivity index (χ4v) is 10.8. The summed E-state index contributed by atoms with van der Waals surface area (Å²) in [6.45, 7) is 7.57. The summed E-state index contributed by atoms with van der Waals surface area (Å²) in [5, 5.41) is 42.9. The first-order chi connectivity index (χ1) is 49.6. The fourth-order valence-electron chi connectivity index (χ4n) is 9.24. The van der Waals surface area contributed by atoms with E-state index >= 15 is 0 Å². The van der Waals surface area contributed by atoms with Crippen LogP contribution in [0.4, 0.5) is 51.2 Å². The Kier molecular flexibility index (Phi) is 23.4. The number of anilines is 4. The molecule has 6 amide bonds. The minimum absolute atomic E-state index is 0.00137. The van der Waals surface area contributed by atoms with Crippen molar-refractivity contribution in [3.63, 3.8) is 0 Å². The summed E-state index contributed by atoms with van der Waals surface area (Å²) in [6, 6.07) is 32.6. The molecule has 7 N–H and O–H groups in total. The molecule has 0 bridgehead atoms. The first kappa shape index (κ1) is 72.6.